The molecule has 2 unspecified atom stereocenters. The van der Waals surface area contributed by atoms with Gasteiger partial charge in [-0.05, 0) is 50.1 Å². The Balaban J connectivity index is 1.72. The summed E-state index contributed by atoms with van der Waals surface area (Å²) in [5.74, 6) is 0.941. The summed E-state index contributed by atoms with van der Waals surface area (Å²) < 4.78 is 6.52. The molecule has 0 radical (unpaired) electrons. The van der Waals surface area contributed by atoms with Crippen LogP contribution in [0, 0.1) is 0 Å². The summed E-state index contributed by atoms with van der Waals surface area (Å²) in [5, 5.41) is 0. The predicted octanol–water partition coefficient (Wildman–Crippen LogP) is 3.13. The first-order valence-electron chi connectivity index (χ1n) is 7.44. The average Bonchev–Trinajstić information content (AvgIpc) is 2.69. The van der Waals surface area contributed by atoms with Crippen LogP contribution in [0.4, 0.5) is 0 Å². The molecule has 0 spiro atoms. The van der Waals surface area contributed by atoms with Crippen LogP contribution in [-0.2, 0) is 6.54 Å². The third-order valence-electron chi connectivity index (χ3n) is 4.88. The second-order valence-electron chi connectivity index (χ2n) is 6.03. The number of fused-ring (bicyclic) bond motifs is 2. The van der Waals surface area contributed by atoms with Crippen molar-refractivity contribution in [3.8, 4) is 5.75 Å². The zero-order valence-electron chi connectivity index (χ0n) is 12.3. The summed E-state index contributed by atoms with van der Waals surface area (Å²) >= 11 is 3.67. The van der Waals surface area contributed by atoms with Gasteiger partial charge in [-0.15, -0.1) is 0 Å². The summed E-state index contributed by atoms with van der Waals surface area (Å²) in [6, 6.07) is 7.79. The van der Waals surface area contributed by atoms with Crippen LogP contribution in [0.15, 0.2) is 22.7 Å². The van der Waals surface area contributed by atoms with Crippen molar-refractivity contribution >= 4 is 15.9 Å². The van der Waals surface area contributed by atoms with Crippen molar-refractivity contribution in [3.05, 3.63) is 28.2 Å². The van der Waals surface area contributed by atoms with Gasteiger partial charge in [-0.3, -0.25) is 9.80 Å². The third kappa shape index (κ3) is 2.87. The van der Waals surface area contributed by atoms with Crippen LogP contribution in [0.25, 0.3) is 0 Å². The smallest absolute Gasteiger partial charge is 0.119 e. The Morgan fingerprint density at radius 2 is 2.05 bits per heavy atom. The first kappa shape index (κ1) is 14.4. The molecule has 2 heterocycles. The first-order valence-corrected chi connectivity index (χ1v) is 8.23. The number of methoxy groups -OCH3 is 1. The molecule has 0 N–H and O–H groups in total. The molecule has 2 fully saturated rings. The third-order valence-corrected chi connectivity index (χ3v) is 5.65. The number of hydrogen-bond donors (Lipinski definition) is 0. The minimum absolute atomic E-state index is 0.742. The molecule has 1 aromatic carbocycles. The Hall–Kier alpha value is -0.580. The van der Waals surface area contributed by atoms with Crippen LogP contribution in [0.1, 0.15) is 24.8 Å². The van der Waals surface area contributed by atoms with Gasteiger partial charge in [0.05, 0.1) is 7.11 Å². The Kier molecular flexibility index (Phi) is 4.34. The first-order chi connectivity index (χ1) is 9.67. The lowest BCUT2D eigenvalue weighted by molar-refractivity contribution is 0.214. The van der Waals surface area contributed by atoms with E-state index < -0.39 is 0 Å². The molecule has 3 nitrogen and oxygen atoms in total. The molecular weight excluding hydrogens is 316 g/mol. The highest BCUT2D eigenvalue weighted by molar-refractivity contribution is 9.10. The molecular formula is C16H23BrN2O. The zero-order valence-corrected chi connectivity index (χ0v) is 13.9. The van der Waals surface area contributed by atoms with Gasteiger partial charge in [-0.1, -0.05) is 15.9 Å². The number of halogens is 1. The summed E-state index contributed by atoms with van der Waals surface area (Å²) in [6.45, 7) is 3.40. The van der Waals surface area contributed by atoms with Gasteiger partial charge >= 0.3 is 0 Å². The minimum atomic E-state index is 0.742. The topological polar surface area (TPSA) is 15.7 Å². The maximum atomic E-state index is 5.34. The Morgan fingerprint density at radius 1 is 1.25 bits per heavy atom. The molecule has 2 aliphatic heterocycles. The van der Waals surface area contributed by atoms with E-state index in [1.54, 1.807) is 7.11 Å². The van der Waals surface area contributed by atoms with Crippen LogP contribution in [0.5, 0.6) is 5.75 Å². The Morgan fingerprint density at radius 3 is 2.85 bits per heavy atom. The molecule has 3 rings (SSSR count). The molecule has 0 aliphatic carbocycles. The second-order valence-corrected chi connectivity index (χ2v) is 6.89. The highest BCUT2D eigenvalue weighted by Crippen LogP contribution is 2.30. The molecule has 1 aromatic rings. The highest BCUT2D eigenvalue weighted by Gasteiger charge is 2.34. The molecule has 2 bridgehead atoms. The molecule has 0 aromatic heterocycles. The van der Waals surface area contributed by atoms with Crippen molar-refractivity contribution in [1.82, 2.24) is 9.80 Å². The fraction of sp³-hybridized carbons (Fsp3) is 0.625. The fourth-order valence-electron chi connectivity index (χ4n) is 3.56. The molecule has 2 aliphatic rings. The Labute approximate surface area is 130 Å². The van der Waals surface area contributed by atoms with Gasteiger partial charge in [-0.25, -0.2) is 0 Å². The van der Waals surface area contributed by atoms with Gasteiger partial charge < -0.3 is 4.74 Å². The van der Waals surface area contributed by atoms with E-state index in [9.17, 15) is 0 Å². The van der Waals surface area contributed by atoms with E-state index in [0.717, 1.165) is 24.4 Å². The Bertz CT molecular complexity index is 480. The van der Waals surface area contributed by atoms with Crippen LogP contribution in [0.2, 0.25) is 0 Å². The summed E-state index contributed by atoms with van der Waals surface area (Å²) in [4.78, 5) is 5.19. The standard InChI is InChI=1S/C16H23BrN2O/c1-18-13-3-4-14(18)11-19(8-7-13)10-12-9-15(20-2)5-6-16(12)17/h5-6,9,13-14H,3-4,7-8,10-11H2,1-2H3. The summed E-state index contributed by atoms with van der Waals surface area (Å²) in [5.41, 5.74) is 1.32. The SMILES string of the molecule is COc1ccc(Br)c(CN2CCC3CCC(C2)N3C)c1. The van der Waals surface area contributed by atoms with Crippen molar-refractivity contribution < 1.29 is 4.74 Å². The number of rotatable bonds is 3. The summed E-state index contributed by atoms with van der Waals surface area (Å²) in [6.07, 6.45) is 4.05. The van der Waals surface area contributed by atoms with Crippen molar-refractivity contribution in [2.45, 2.75) is 37.9 Å². The average molecular weight is 339 g/mol. The van der Waals surface area contributed by atoms with E-state index in [2.05, 4.69) is 44.9 Å². The van der Waals surface area contributed by atoms with Crippen LogP contribution < -0.4 is 4.74 Å². The largest absolute Gasteiger partial charge is 0.497 e. The number of likely N-dealkylation sites (N-methyl/N-ethyl adjacent to an activating group) is 1. The lowest BCUT2D eigenvalue weighted by Crippen LogP contribution is -2.36. The lowest BCUT2D eigenvalue weighted by Gasteiger charge is -2.26. The molecule has 0 saturated carbocycles. The van der Waals surface area contributed by atoms with Crippen molar-refractivity contribution in [1.29, 1.82) is 0 Å². The van der Waals surface area contributed by atoms with Gasteiger partial charge in [0, 0.05) is 36.2 Å². The maximum absolute atomic E-state index is 5.34. The van der Waals surface area contributed by atoms with E-state index in [-0.39, 0.29) is 0 Å². The van der Waals surface area contributed by atoms with Crippen LogP contribution >= 0.6 is 15.9 Å². The van der Waals surface area contributed by atoms with Crippen molar-refractivity contribution in [3.63, 3.8) is 0 Å². The van der Waals surface area contributed by atoms with E-state index in [1.165, 1.54) is 42.4 Å². The predicted molar refractivity (Wildman–Crippen MR) is 85.2 cm³/mol. The van der Waals surface area contributed by atoms with Crippen molar-refractivity contribution in [2.75, 3.05) is 27.2 Å². The minimum Gasteiger partial charge on any atom is -0.497 e. The molecule has 2 saturated heterocycles. The molecule has 20 heavy (non-hydrogen) atoms. The molecule has 0 amide bonds. The number of nitrogens with zero attached hydrogens (tertiary/aromatic N) is 2. The second kappa shape index (κ2) is 6.04. The van der Waals surface area contributed by atoms with E-state index >= 15 is 0 Å². The number of likely N-dealkylation sites (tertiary alicyclic amines) is 1. The van der Waals surface area contributed by atoms with Crippen LogP contribution in [0.3, 0.4) is 0 Å². The van der Waals surface area contributed by atoms with Gasteiger partial charge in [-0.2, -0.15) is 0 Å². The zero-order chi connectivity index (χ0) is 14.1. The quantitative estimate of drug-likeness (QED) is 0.842. The highest BCUT2D eigenvalue weighted by atomic mass is 79.9. The molecule has 2 atom stereocenters. The van der Waals surface area contributed by atoms with Crippen LogP contribution in [-0.4, -0.2) is 49.1 Å². The van der Waals surface area contributed by atoms with E-state index in [4.69, 9.17) is 4.74 Å². The number of benzene rings is 1. The summed E-state index contributed by atoms with van der Waals surface area (Å²) in [7, 11) is 4.03. The lowest BCUT2D eigenvalue weighted by atomic mass is 10.1. The maximum Gasteiger partial charge on any atom is 0.119 e. The molecule has 110 valence electrons. The monoisotopic (exact) mass is 338 g/mol. The van der Waals surface area contributed by atoms with Gasteiger partial charge in [0.2, 0.25) is 0 Å². The molecule has 4 heteroatoms. The van der Waals surface area contributed by atoms with Crippen molar-refractivity contribution in [2.24, 2.45) is 0 Å². The number of ether oxygens (including phenoxy) is 1. The fourth-order valence-corrected chi connectivity index (χ4v) is 3.93. The van der Waals surface area contributed by atoms with E-state index in [1.807, 2.05) is 6.07 Å². The number of hydrogen-bond acceptors (Lipinski definition) is 3. The van der Waals surface area contributed by atoms with Gasteiger partial charge in [0.25, 0.3) is 0 Å². The normalized spacial score (nSPS) is 27.6. The van der Waals surface area contributed by atoms with E-state index in [0.29, 0.717) is 0 Å². The van der Waals surface area contributed by atoms with Gasteiger partial charge in [0.1, 0.15) is 5.75 Å². The van der Waals surface area contributed by atoms with Gasteiger partial charge in [0.15, 0.2) is 0 Å².